The molecule has 1 heterocycles. The first-order valence-electron chi connectivity index (χ1n) is 5.17. The Morgan fingerprint density at radius 3 is 2.67 bits per heavy atom. The predicted molar refractivity (Wildman–Crippen MR) is 67.0 cm³/mol. The van der Waals surface area contributed by atoms with Crippen LogP contribution < -0.4 is 5.32 Å². The number of nitrogens with one attached hydrogen (secondary N) is 1. The van der Waals surface area contributed by atoms with Crippen molar-refractivity contribution in [2.45, 2.75) is 6.54 Å². The van der Waals surface area contributed by atoms with Crippen molar-refractivity contribution in [2.24, 2.45) is 0 Å². The Morgan fingerprint density at radius 2 is 2.06 bits per heavy atom. The van der Waals surface area contributed by atoms with Gasteiger partial charge in [0.15, 0.2) is 5.82 Å². The zero-order chi connectivity index (χ0) is 13.0. The molecule has 2 rings (SSSR count). The fourth-order valence-corrected chi connectivity index (χ4v) is 1.58. The van der Waals surface area contributed by atoms with Gasteiger partial charge >= 0.3 is 0 Å². The van der Waals surface area contributed by atoms with E-state index >= 15 is 0 Å². The minimum Gasteiger partial charge on any atom is -0.506 e. The van der Waals surface area contributed by atoms with Crippen molar-refractivity contribution in [1.82, 2.24) is 15.3 Å². The van der Waals surface area contributed by atoms with Crippen molar-refractivity contribution in [1.29, 1.82) is 0 Å². The van der Waals surface area contributed by atoms with Crippen molar-refractivity contribution in [2.75, 3.05) is 0 Å². The predicted octanol–water partition coefficient (Wildman–Crippen LogP) is 1.75. The minimum atomic E-state index is 0.0206. The molecule has 0 spiro atoms. The van der Waals surface area contributed by atoms with E-state index < -0.39 is 0 Å². The average Bonchev–Trinajstić information content (AvgIpc) is 2.40. The van der Waals surface area contributed by atoms with Crippen LogP contribution in [-0.2, 0) is 11.3 Å². The molecule has 18 heavy (non-hydrogen) atoms. The Labute approximate surface area is 108 Å². The summed E-state index contributed by atoms with van der Waals surface area (Å²) >= 11 is 5.81. The van der Waals surface area contributed by atoms with Crippen LogP contribution in [0.3, 0.4) is 0 Å². The number of hydrogen-bond donors (Lipinski definition) is 2. The summed E-state index contributed by atoms with van der Waals surface area (Å²) in [7, 11) is 0. The topological polar surface area (TPSA) is 75.1 Å². The monoisotopic (exact) mass is 263 g/mol. The number of aromatic nitrogens is 2. The van der Waals surface area contributed by atoms with Gasteiger partial charge in [0.05, 0.1) is 5.02 Å². The number of benzene rings is 1. The molecule has 0 bridgehead atoms. The summed E-state index contributed by atoms with van der Waals surface area (Å²) in [5, 5.41) is 12.1. The highest BCUT2D eigenvalue weighted by Crippen LogP contribution is 2.27. The number of phenols is 1. The summed E-state index contributed by atoms with van der Waals surface area (Å²) in [4.78, 5) is 18.5. The Hall–Kier alpha value is -2.14. The number of hydrogen-bond acceptors (Lipinski definition) is 4. The van der Waals surface area contributed by atoms with Crippen LogP contribution in [-0.4, -0.2) is 21.5 Å². The first kappa shape index (κ1) is 12.3. The van der Waals surface area contributed by atoms with Gasteiger partial charge in [0.1, 0.15) is 5.75 Å². The summed E-state index contributed by atoms with van der Waals surface area (Å²) in [6.45, 7) is 0.389. The van der Waals surface area contributed by atoms with Crippen molar-refractivity contribution < 1.29 is 9.90 Å². The summed E-state index contributed by atoms with van der Waals surface area (Å²) in [6.07, 6.45) is 3.87. The third kappa shape index (κ3) is 2.75. The molecule has 0 fully saturated rings. The van der Waals surface area contributed by atoms with Gasteiger partial charge in [-0.05, 0) is 18.2 Å². The Bertz CT molecular complexity index is 558. The van der Waals surface area contributed by atoms with Gasteiger partial charge in [0.25, 0.3) is 0 Å². The van der Waals surface area contributed by atoms with Crippen LogP contribution in [0.4, 0.5) is 0 Å². The van der Waals surface area contributed by atoms with E-state index in [-0.39, 0.29) is 10.8 Å². The highest BCUT2D eigenvalue weighted by molar-refractivity contribution is 6.32. The average molecular weight is 264 g/mol. The third-order valence-corrected chi connectivity index (χ3v) is 2.60. The molecule has 1 aromatic heterocycles. The van der Waals surface area contributed by atoms with Crippen molar-refractivity contribution in [3.63, 3.8) is 0 Å². The second-order valence-corrected chi connectivity index (χ2v) is 3.99. The fourth-order valence-electron chi connectivity index (χ4n) is 1.40. The molecule has 0 unspecified atom stereocenters. The SMILES string of the molecule is O=CNCc1cnc(-c2ccc(O)c(Cl)c2)nc1. The lowest BCUT2D eigenvalue weighted by Crippen LogP contribution is -2.10. The van der Waals surface area contributed by atoms with Gasteiger partial charge in [-0.25, -0.2) is 9.97 Å². The molecular weight excluding hydrogens is 254 g/mol. The molecule has 0 saturated heterocycles. The molecule has 6 heteroatoms. The van der Waals surface area contributed by atoms with E-state index in [1.807, 2.05) is 0 Å². The zero-order valence-electron chi connectivity index (χ0n) is 9.30. The summed E-state index contributed by atoms with van der Waals surface area (Å²) in [5.41, 5.74) is 1.52. The van der Waals surface area contributed by atoms with Gasteiger partial charge in [0.2, 0.25) is 6.41 Å². The molecule has 0 aliphatic rings. The van der Waals surface area contributed by atoms with E-state index in [0.29, 0.717) is 24.3 Å². The van der Waals surface area contributed by atoms with E-state index in [2.05, 4.69) is 15.3 Å². The van der Waals surface area contributed by atoms with Crippen LogP contribution in [0, 0.1) is 0 Å². The van der Waals surface area contributed by atoms with Gasteiger partial charge in [-0.1, -0.05) is 11.6 Å². The second kappa shape index (κ2) is 5.46. The number of rotatable bonds is 4. The number of carbonyl (C=O) groups excluding carboxylic acids is 1. The molecule has 92 valence electrons. The molecule has 1 amide bonds. The second-order valence-electron chi connectivity index (χ2n) is 3.58. The fraction of sp³-hybridized carbons (Fsp3) is 0.0833. The normalized spacial score (nSPS) is 10.1. The number of phenolic OH excluding ortho intramolecular Hbond substituents is 1. The molecule has 0 aliphatic carbocycles. The minimum absolute atomic E-state index is 0.0206. The Kier molecular flexibility index (Phi) is 3.74. The van der Waals surface area contributed by atoms with Gasteiger partial charge in [-0.2, -0.15) is 0 Å². The molecule has 0 atom stereocenters. The molecule has 2 aromatic rings. The molecule has 0 radical (unpaired) electrons. The van der Waals surface area contributed by atoms with E-state index in [9.17, 15) is 9.90 Å². The van der Waals surface area contributed by atoms with E-state index in [1.165, 1.54) is 6.07 Å². The van der Waals surface area contributed by atoms with Crippen LogP contribution in [0.2, 0.25) is 5.02 Å². The van der Waals surface area contributed by atoms with E-state index in [0.717, 1.165) is 5.56 Å². The smallest absolute Gasteiger partial charge is 0.207 e. The Morgan fingerprint density at radius 1 is 1.33 bits per heavy atom. The van der Waals surface area contributed by atoms with Crippen LogP contribution in [0.25, 0.3) is 11.4 Å². The third-order valence-electron chi connectivity index (χ3n) is 2.30. The van der Waals surface area contributed by atoms with Crippen molar-refractivity contribution in [3.05, 3.63) is 41.2 Å². The highest BCUT2D eigenvalue weighted by Gasteiger charge is 2.05. The van der Waals surface area contributed by atoms with Crippen LogP contribution in [0.1, 0.15) is 5.56 Å². The number of aromatic hydroxyl groups is 1. The maximum Gasteiger partial charge on any atom is 0.207 e. The number of carbonyl (C=O) groups is 1. The Balaban J connectivity index is 2.22. The summed E-state index contributed by atoms with van der Waals surface area (Å²) in [5.74, 6) is 0.527. The van der Waals surface area contributed by atoms with E-state index in [1.54, 1.807) is 24.5 Å². The standard InChI is InChI=1S/C12H10ClN3O2/c13-10-3-9(1-2-11(10)18)12-15-5-8(6-16-12)4-14-7-17/h1-3,5-7,18H,4H2,(H,14,17). The summed E-state index contributed by atoms with van der Waals surface area (Å²) < 4.78 is 0. The lowest BCUT2D eigenvalue weighted by Gasteiger charge is -2.03. The number of nitrogens with zero attached hydrogens (tertiary/aromatic N) is 2. The van der Waals surface area contributed by atoms with Gasteiger partial charge in [-0.3, -0.25) is 4.79 Å². The maximum atomic E-state index is 10.1. The van der Waals surface area contributed by atoms with Gasteiger partial charge in [-0.15, -0.1) is 0 Å². The number of amides is 1. The maximum absolute atomic E-state index is 10.1. The molecule has 2 N–H and O–H groups in total. The van der Waals surface area contributed by atoms with Crippen LogP contribution in [0.15, 0.2) is 30.6 Å². The van der Waals surface area contributed by atoms with E-state index in [4.69, 9.17) is 11.6 Å². The van der Waals surface area contributed by atoms with Gasteiger partial charge in [0, 0.05) is 30.1 Å². The largest absolute Gasteiger partial charge is 0.506 e. The highest BCUT2D eigenvalue weighted by atomic mass is 35.5. The lowest BCUT2D eigenvalue weighted by atomic mass is 10.2. The van der Waals surface area contributed by atoms with Crippen LogP contribution in [0.5, 0.6) is 5.75 Å². The van der Waals surface area contributed by atoms with Crippen molar-refractivity contribution >= 4 is 18.0 Å². The number of halogens is 1. The van der Waals surface area contributed by atoms with Crippen molar-refractivity contribution in [3.8, 4) is 17.1 Å². The molecule has 5 nitrogen and oxygen atoms in total. The summed E-state index contributed by atoms with van der Waals surface area (Å²) in [6, 6.07) is 4.76. The molecule has 0 saturated carbocycles. The first-order chi connectivity index (χ1) is 8.70. The van der Waals surface area contributed by atoms with Gasteiger partial charge < -0.3 is 10.4 Å². The molecule has 0 aliphatic heterocycles. The molecule has 1 aromatic carbocycles. The zero-order valence-corrected chi connectivity index (χ0v) is 10.1. The molecular formula is C12H10ClN3O2. The quantitative estimate of drug-likeness (QED) is 0.824. The lowest BCUT2D eigenvalue weighted by molar-refractivity contribution is -0.109. The van der Waals surface area contributed by atoms with Crippen LogP contribution >= 0.6 is 11.6 Å². The first-order valence-corrected chi connectivity index (χ1v) is 5.55.